The monoisotopic (exact) mass is 319 g/mol. The molecule has 0 saturated heterocycles. The third-order valence-electron chi connectivity index (χ3n) is 1.55. The number of nitrogens with zero attached hydrogens (tertiary/aromatic N) is 1. The van der Waals surface area contributed by atoms with E-state index in [0.717, 1.165) is 6.07 Å². The van der Waals surface area contributed by atoms with E-state index in [1.807, 2.05) is 0 Å². The van der Waals surface area contributed by atoms with Crippen molar-refractivity contribution in [3.05, 3.63) is 21.9 Å². The molecule has 0 spiro atoms. The van der Waals surface area contributed by atoms with E-state index in [-0.39, 0.29) is 10.2 Å². The van der Waals surface area contributed by atoms with Gasteiger partial charge >= 0.3 is 0 Å². The average molecular weight is 321 g/mol. The van der Waals surface area contributed by atoms with Crippen LogP contribution in [-0.4, -0.2) is 13.4 Å². The molecule has 84 valence electrons. The summed E-state index contributed by atoms with van der Waals surface area (Å²) in [6.07, 6.45) is -2.86. The molecule has 1 aromatic heterocycles. The fraction of sp³-hybridized carbons (Fsp3) is 0.286. The number of pyridine rings is 1. The Balaban J connectivity index is 3.56. The van der Waals surface area contributed by atoms with Gasteiger partial charge in [-0.2, -0.15) is 0 Å². The van der Waals surface area contributed by atoms with Gasteiger partial charge in [0, 0.05) is 16.4 Å². The Kier molecular flexibility index (Phi) is 3.67. The summed E-state index contributed by atoms with van der Waals surface area (Å²) in [5.74, 6) is 0. The lowest BCUT2D eigenvalue weighted by Crippen LogP contribution is -2.01. The number of halogens is 4. The van der Waals surface area contributed by atoms with Gasteiger partial charge in [-0.15, -0.1) is 0 Å². The largest absolute Gasteiger partial charge is 0.281 e. The highest BCUT2D eigenvalue weighted by Gasteiger charge is 2.23. The summed E-state index contributed by atoms with van der Waals surface area (Å²) in [5.41, 5.74) is -0.470. The molecule has 0 unspecified atom stereocenters. The van der Waals surface area contributed by atoms with Crippen molar-refractivity contribution in [2.24, 2.45) is 0 Å². The van der Waals surface area contributed by atoms with Gasteiger partial charge in [0.2, 0.25) is 0 Å². The van der Waals surface area contributed by atoms with Crippen LogP contribution in [0.25, 0.3) is 0 Å². The Morgan fingerprint density at radius 2 is 2.07 bits per heavy atom. The number of aromatic nitrogens is 1. The quantitative estimate of drug-likeness (QED) is 0.787. The molecule has 0 N–H and O–H groups in total. The smallest absolute Gasteiger partial charge is 0.251 e. The zero-order valence-corrected chi connectivity index (χ0v) is 10.5. The van der Waals surface area contributed by atoms with Crippen molar-refractivity contribution in [2.45, 2.75) is 18.2 Å². The number of rotatable bonds is 2. The summed E-state index contributed by atoms with van der Waals surface area (Å²) in [6, 6.07) is 1.12. The second-order valence-corrected chi connectivity index (χ2v) is 6.03. The van der Waals surface area contributed by atoms with Crippen LogP contribution in [0.1, 0.15) is 17.8 Å². The highest BCUT2D eigenvalue weighted by atomic mass is 79.9. The van der Waals surface area contributed by atoms with Gasteiger partial charge in [0.05, 0.1) is 4.47 Å². The van der Waals surface area contributed by atoms with Crippen LogP contribution in [0.15, 0.2) is 15.4 Å². The van der Waals surface area contributed by atoms with Crippen LogP contribution in [0, 0.1) is 6.92 Å². The summed E-state index contributed by atoms with van der Waals surface area (Å²) in [7, 11) is 1.02. The van der Waals surface area contributed by atoms with Crippen LogP contribution in [0.2, 0.25) is 0 Å². The van der Waals surface area contributed by atoms with Crippen molar-refractivity contribution in [2.75, 3.05) is 0 Å². The molecule has 0 aliphatic heterocycles. The molecule has 1 aromatic rings. The SMILES string of the molecule is Cc1cc(S(=O)(=O)Cl)c(Br)c(C(F)F)n1. The van der Waals surface area contributed by atoms with Crippen LogP contribution < -0.4 is 0 Å². The second-order valence-electron chi connectivity index (χ2n) is 2.70. The van der Waals surface area contributed by atoms with Crippen LogP contribution in [0.3, 0.4) is 0 Å². The molecule has 0 radical (unpaired) electrons. The van der Waals surface area contributed by atoms with Gasteiger partial charge in [-0.05, 0) is 28.9 Å². The predicted molar refractivity (Wildman–Crippen MR) is 54.7 cm³/mol. The molecule has 0 amide bonds. The Bertz CT molecular complexity index is 492. The van der Waals surface area contributed by atoms with Crippen LogP contribution in [0.4, 0.5) is 8.78 Å². The summed E-state index contributed by atoms with van der Waals surface area (Å²) in [6.45, 7) is 1.41. The highest BCUT2D eigenvalue weighted by Crippen LogP contribution is 2.33. The topological polar surface area (TPSA) is 47.0 Å². The maximum Gasteiger partial charge on any atom is 0.281 e. The Morgan fingerprint density at radius 1 is 1.53 bits per heavy atom. The van der Waals surface area contributed by atoms with Gasteiger partial charge in [0.25, 0.3) is 15.5 Å². The van der Waals surface area contributed by atoms with E-state index < -0.39 is 26.1 Å². The fourth-order valence-electron chi connectivity index (χ4n) is 0.973. The minimum Gasteiger partial charge on any atom is -0.251 e. The average Bonchev–Trinajstić information content (AvgIpc) is 2.06. The third-order valence-corrected chi connectivity index (χ3v) is 3.99. The minimum atomic E-state index is -4.06. The second kappa shape index (κ2) is 4.31. The molecule has 0 saturated carbocycles. The van der Waals surface area contributed by atoms with E-state index in [9.17, 15) is 17.2 Å². The lowest BCUT2D eigenvalue weighted by atomic mass is 10.3. The number of hydrogen-bond acceptors (Lipinski definition) is 3. The lowest BCUT2D eigenvalue weighted by Gasteiger charge is -2.07. The van der Waals surface area contributed by atoms with Gasteiger partial charge in [-0.1, -0.05) is 0 Å². The molecule has 0 aliphatic carbocycles. The van der Waals surface area contributed by atoms with E-state index in [2.05, 4.69) is 20.9 Å². The third kappa shape index (κ3) is 2.85. The van der Waals surface area contributed by atoms with E-state index in [0.29, 0.717) is 0 Å². The number of hydrogen-bond donors (Lipinski definition) is 0. The zero-order chi connectivity index (χ0) is 11.8. The summed E-state index contributed by atoms with van der Waals surface area (Å²) < 4.78 is 46.7. The van der Waals surface area contributed by atoms with E-state index in [4.69, 9.17) is 10.7 Å². The van der Waals surface area contributed by atoms with E-state index >= 15 is 0 Å². The Hall–Kier alpha value is -0.270. The lowest BCUT2D eigenvalue weighted by molar-refractivity contribution is 0.144. The van der Waals surface area contributed by atoms with Gasteiger partial charge in [-0.25, -0.2) is 17.2 Å². The molecule has 0 aliphatic rings. The molecule has 15 heavy (non-hydrogen) atoms. The maximum absolute atomic E-state index is 12.4. The highest BCUT2D eigenvalue weighted by molar-refractivity contribution is 9.10. The maximum atomic E-state index is 12.4. The standard InChI is InChI=1S/C7H5BrClF2NO2S/c1-3-2-4(15(9,13)14)5(8)6(12-3)7(10)11/h2,7H,1H3. The molecular weight excluding hydrogens is 316 g/mol. The van der Waals surface area contributed by atoms with Crippen LogP contribution in [0.5, 0.6) is 0 Å². The van der Waals surface area contributed by atoms with Gasteiger partial charge in [0.15, 0.2) is 0 Å². The number of aryl methyl sites for hydroxylation is 1. The molecule has 0 bridgehead atoms. The molecule has 0 atom stereocenters. The van der Waals surface area contributed by atoms with Crippen molar-refractivity contribution in [3.8, 4) is 0 Å². The molecule has 8 heteroatoms. The molecule has 3 nitrogen and oxygen atoms in total. The predicted octanol–water partition coefficient (Wildman–Crippen LogP) is 3.02. The first kappa shape index (κ1) is 12.8. The van der Waals surface area contributed by atoms with E-state index in [1.54, 1.807) is 0 Å². The zero-order valence-electron chi connectivity index (χ0n) is 7.34. The molecule has 1 heterocycles. The fourth-order valence-corrected chi connectivity index (χ4v) is 3.26. The van der Waals surface area contributed by atoms with Crippen molar-refractivity contribution in [3.63, 3.8) is 0 Å². The summed E-state index contributed by atoms with van der Waals surface area (Å²) in [5, 5.41) is 0. The summed E-state index contributed by atoms with van der Waals surface area (Å²) >= 11 is 2.75. The van der Waals surface area contributed by atoms with Gasteiger partial charge in [0.1, 0.15) is 10.6 Å². The Morgan fingerprint density at radius 3 is 2.47 bits per heavy atom. The van der Waals surface area contributed by atoms with Crippen molar-refractivity contribution >= 4 is 35.7 Å². The molecule has 0 aromatic carbocycles. The first-order valence-electron chi connectivity index (χ1n) is 3.63. The molecule has 1 rings (SSSR count). The van der Waals surface area contributed by atoms with Crippen molar-refractivity contribution < 1.29 is 17.2 Å². The van der Waals surface area contributed by atoms with Crippen LogP contribution in [-0.2, 0) is 9.05 Å². The molecular formula is C7H5BrClF2NO2S. The first-order chi connectivity index (χ1) is 6.73. The minimum absolute atomic E-state index is 0.160. The number of alkyl halides is 2. The van der Waals surface area contributed by atoms with Crippen molar-refractivity contribution in [1.29, 1.82) is 0 Å². The van der Waals surface area contributed by atoms with Gasteiger partial charge < -0.3 is 0 Å². The normalized spacial score (nSPS) is 12.1. The van der Waals surface area contributed by atoms with E-state index in [1.165, 1.54) is 6.92 Å². The first-order valence-corrected chi connectivity index (χ1v) is 6.73. The van der Waals surface area contributed by atoms with Gasteiger partial charge in [-0.3, -0.25) is 4.98 Å². The van der Waals surface area contributed by atoms with Crippen molar-refractivity contribution in [1.82, 2.24) is 4.98 Å². The Labute approximate surface area is 98.0 Å². The summed E-state index contributed by atoms with van der Waals surface area (Å²) in [4.78, 5) is 3.13. The molecule has 0 fully saturated rings. The van der Waals surface area contributed by atoms with Crippen LogP contribution >= 0.6 is 26.6 Å².